The second-order valence-electron chi connectivity index (χ2n) is 1.76. The fourth-order valence-corrected chi connectivity index (χ4v) is 0.261. The lowest BCUT2D eigenvalue weighted by Gasteiger charge is -1.98. The van der Waals surface area contributed by atoms with Gasteiger partial charge in [0, 0.05) is 12.1 Å². The van der Waals surface area contributed by atoms with E-state index in [1.807, 2.05) is 0 Å². The molecule has 4 heteroatoms. The summed E-state index contributed by atoms with van der Waals surface area (Å²) in [5.41, 5.74) is 5.01. The Morgan fingerprint density at radius 3 is 2.00 bits per heavy atom. The van der Waals surface area contributed by atoms with Gasteiger partial charge in [0.2, 0.25) is 0 Å². The summed E-state index contributed by atoms with van der Waals surface area (Å²) in [5.74, 6) is 0. The summed E-state index contributed by atoms with van der Waals surface area (Å²) in [6.45, 7) is 1.47. The number of rotatable bonds is 1. The Hall–Kier alpha value is -0.510. The largest absolute Gasteiger partial charge is 0.409 e. The van der Waals surface area contributed by atoms with Crippen molar-refractivity contribution in [3.63, 3.8) is 0 Å². The van der Waals surface area contributed by atoms with Crippen LogP contribution < -0.4 is 5.73 Å². The summed E-state index contributed by atoms with van der Waals surface area (Å²) in [7, 11) is 0. The zero-order chi connectivity index (χ0) is 7.49. The Balaban J connectivity index is 3.71. The third-order valence-corrected chi connectivity index (χ3v) is 0.589. The Morgan fingerprint density at radius 1 is 1.44 bits per heavy atom. The van der Waals surface area contributed by atoms with Crippen LogP contribution in [0, 0.1) is 0 Å². The Labute approximate surface area is 51.3 Å². The maximum absolute atomic E-state index is 11.3. The normalized spacial score (nSPS) is 16.6. The van der Waals surface area contributed by atoms with Crippen molar-refractivity contribution in [2.24, 2.45) is 5.73 Å². The summed E-state index contributed by atoms with van der Waals surface area (Å²) in [6.07, 6.45) is -3.19. The molecule has 0 aromatic heterocycles. The number of halogens is 3. The van der Waals surface area contributed by atoms with Crippen molar-refractivity contribution in [1.29, 1.82) is 0 Å². The quantitative estimate of drug-likeness (QED) is 0.546. The molecule has 0 aliphatic rings. The SMILES string of the molecule is CC(N)C=CC(F)(F)F. The van der Waals surface area contributed by atoms with Crippen LogP contribution in [0.5, 0.6) is 0 Å². The number of hydrogen-bond donors (Lipinski definition) is 1. The maximum atomic E-state index is 11.3. The molecule has 0 saturated heterocycles. The Kier molecular flexibility index (Phi) is 2.70. The lowest BCUT2D eigenvalue weighted by Crippen LogP contribution is -2.12. The van der Waals surface area contributed by atoms with E-state index >= 15 is 0 Å². The van der Waals surface area contributed by atoms with Gasteiger partial charge in [-0.3, -0.25) is 0 Å². The van der Waals surface area contributed by atoms with Crippen molar-refractivity contribution in [3.05, 3.63) is 12.2 Å². The lowest BCUT2D eigenvalue weighted by atomic mass is 10.3. The molecule has 0 bridgehead atoms. The van der Waals surface area contributed by atoms with Gasteiger partial charge in [0.25, 0.3) is 0 Å². The van der Waals surface area contributed by atoms with E-state index in [1.165, 1.54) is 6.92 Å². The number of alkyl halides is 3. The second kappa shape index (κ2) is 2.87. The van der Waals surface area contributed by atoms with Crippen LogP contribution in [0.4, 0.5) is 13.2 Å². The molecule has 0 radical (unpaired) electrons. The standard InChI is InChI=1S/C5H8F3N/c1-4(9)2-3-5(6,7)8/h2-4H,9H2,1H3. The van der Waals surface area contributed by atoms with Crippen molar-refractivity contribution >= 4 is 0 Å². The van der Waals surface area contributed by atoms with Crippen LogP contribution in [-0.2, 0) is 0 Å². The first-order valence-electron chi connectivity index (χ1n) is 2.43. The smallest absolute Gasteiger partial charge is 0.325 e. The molecule has 9 heavy (non-hydrogen) atoms. The number of nitrogens with two attached hydrogens (primary N) is 1. The van der Waals surface area contributed by atoms with Gasteiger partial charge in [0.1, 0.15) is 0 Å². The minimum atomic E-state index is -4.23. The van der Waals surface area contributed by atoms with Crippen molar-refractivity contribution in [2.75, 3.05) is 0 Å². The van der Waals surface area contributed by atoms with E-state index in [0.717, 1.165) is 6.08 Å². The molecule has 2 N–H and O–H groups in total. The molecule has 0 aliphatic carbocycles. The van der Waals surface area contributed by atoms with E-state index in [-0.39, 0.29) is 6.08 Å². The molecule has 0 spiro atoms. The molecule has 0 amide bonds. The zero-order valence-electron chi connectivity index (χ0n) is 4.94. The molecule has 1 unspecified atom stereocenters. The summed E-state index contributed by atoms with van der Waals surface area (Å²) < 4.78 is 33.8. The molecule has 54 valence electrons. The highest BCUT2D eigenvalue weighted by molar-refractivity contribution is 4.93. The van der Waals surface area contributed by atoms with Gasteiger partial charge < -0.3 is 5.73 Å². The molecule has 0 fully saturated rings. The van der Waals surface area contributed by atoms with Gasteiger partial charge in [-0.15, -0.1) is 0 Å². The van der Waals surface area contributed by atoms with Crippen LogP contribution in [0.2, 0.25) is 0 Å². The van der Waals surface area contributed by atoms with Crippen molar-refractivity contribution < 1.29 is 13.2 Å². The van der Waals surface area contributed by atoms with Crippen molar-refractivity contribution in [1.82, 2.24) is 0 Å². The fraction of sp³-hybridized carbons (Fsp3) is 0.600. The van der Waals surface area contributed by atoms with Gasteiger partial charge >= 0.3 is 6.18 Å². The van der Waals surface area contributed by atoms with E-state index in [9.17, 15) is 13.2 Å². The van der Waals surface area contributed by atoms with Crippen LogP contribution in [0.1, 0.15) is 6.92 Å². The third-order valence-electron chi connectivity index (χ3n) is 0.589. The molecule has 0 heterocycles. The van der Waals surface area contributed by atoms with Gasteiger partial charge in [-0.05, 0) is 6.92 Å². The average molecular weight is 139 g/mol. The van der Waals surface area contributed by atoms with Crippen LogP contribution in [0.25, 0.3) is 0 Å². The van der Waals surface area contributed by atoms with Crippen LogP contribution in [0.15, 0.2) is 12.2 Å². The first-order valence-corrected chi connectivity index (χ1v) is 2.43. The fourth-order valence-electron chi connectivity index (χ4n) is 0.261. The van der Waals surface area contributed by atoms with Gasteiger partial charge in [-0.2, -0.15) is 13.2 Å². The Bertz CT molecular complexity index is 103. The van der Waals surface area contributed by atoms with Gasteiger partial charge in [0.05, 0.1) is 0 Å². The van der Waals surface area contributed by atoms with E-state index in [0.29, 0.717) is 0 Å². The van der Waals surface area contributed by atoms with Gasteiger partial charge in [0.15, 0.2) is 0 Å². The number of hydrogen-bond acceptors (Lipinski definition) is 1. The molecule has 0 rings (SSSR count). The van der Waals surface area contributed by atoms with Crippen molar-refractivity contribution in [3.8, 4) is 0 Å². The van der Waals surface area contributed by atoms with E-state index in [4.69, 9.17) is 5.73 Å². The molecule has 0 saturated carbocycles. The van der Waals surface area contributed by atoms with Gasteiger partial charge in [-0.25, -0.2) is 0 Å². The minimum Gasteiger partial charge on any atom is -0.325 e. The number of allylic oxidation sites excluding steroid dienone is 1. The topological polar surface area (TPSA) is 26.0 Å². The van der Waals surface area contributed by atoms with Gasteiger partial charge in [-0.1, -0.05) is 6.08 Å². The molecular weight excluding hydrogens is 131 g/mol. The lowest BCUT2D eigenvalue weighted by molar-refractivity contribution is -0.0800. The highest BCUT2D eigenvalue weighted by Crippen LogP contribution is 2.15. The first-order chi connectivity index (χ1) is 3.92. The van der Waals surface area contributed by atoms with Crippen LogP contribution in [-0.4, -0.2) is 12.2 Å². The highest BCUT2D eigenvalue weighted by Gasteiger charge is 2.21. The summed E-state index contributed by atoms with van der Waals surface area (Å²) in [4.78, 5) is 0. The first kappa shape index (κ1) is 8.49. The summed E-state index contributed by atoms with van der Waals surface area (Å²) in [6, 6.07) is -0.536. The molecule has 1 nitrogen and oxygen atoms in total. The third kappa shape index (κ3) is 7.49. The molecule has 0 aliphatic heterocycles. The second-order valence-corrected chi connectivity index (χ2v) is 1.76. The van der Waals surface area contributed by atoms with Crippen LogP contribution >= 0.6 is 0 Å². The van der Waals surface area contributed by atoms with E-state index in [1.54, 1.807) is 0 Å². The molecule has 0 aromatic carbocycles. The summed E-state index contributed by atoms with van der Waals surface area (Å²) >= 11 is 0. The predicted molar refractivity (Wildman–Crippen MR) is 28.8 cm³/mol. The van der Waals surface area contributed by atoms with Crippen LogP contribution in [0.3, 0.4) is 0 Å². The Morgan fingerprint density at radius 2 is 1.89 bits per heavy atom. The molecule has 1 atom stereocenters. The minimum absolute atomic E-state index is 0.137. The zero-order valence-corrected chi connectivity index (χ0v) is 4.94. The van der Waals surface area contributed by atoms with E-state index in [2.05, 4.69) is 0 Å². The van der Waals surface area contributed by atoms with E-state index < -0.39 is 12.2 Å². The predicted octanol–water partition coefficient (Wildman–Crippen LogP) is 1.45. The monoisotopic (exact) mass is 139 g/mol. The molecule has 0 aromatic rings. The van der Waals surface area contributed by atoms with Crippen molar-refractivity contribution in [2.45, 2.75) is 19.1 Å². The average Bonchev–Trinajstić information content (AvgIpc) is 1.59. The summed E-state index contributed by atoms with van der Waals surface area (Å²) in [5, 5.41) is 0. The maximum Gasteiger partial charge on any atom is 0.409 e. The highest BCUT2D eigenvalue weighted by atomic mass is 19.4. The molecular formula is C5H8F3N.